The molecule has 0 saturated carbocycles. The number of carbonyl (C=O) groups excluding carboxylic acids is 2. The van der Waals surface area contributed by atoms with Gasteiger partial charge in [0.2, 0.25) is 0 Å². The molecule has 0 heterocycles. The van der Waals surface area contributed by atoms with Crippen molar-refractivity contribution in [2.75, 3.05) is 26.0 Å². The Balaban J connectivity index is 1.85. The summed E-state index contributed by atoms with van der Waals surface area (Å²) >= 11 is 0. The number of carbonyl (C=O) groups is 2. The van der Waals surface area contributed by atoms with Crippen LogP contribution >= 0.6 is 0 Å². The third-order valence-electron chi connectivity index (χ3n) is 3.76. The zero-order valence-corrected chi connectivity index (χ0v) is 15.8. The standard InChI is InChI=1S/C21H26N4O2/c1-4-12-22-20(26)18-8-10-19(11-9-18)24-21(27)23-14-16-6-5-7-17(13-16)15-25(2)3/h4-11,13H,1,12,14-15H2,2-3H3,(H,22,26)(H2,23,24,27). The van der Waals surface area contributed by atoms with Crippen LogP contribution in [0.1, 0.15) is 21.5 Å². The Morgan fingerprint density at radius 3 is 2.41 bits per heavy atom. The second kappa shape index (κ2) is 10.1. The molecule has 0 fully saturated rings. The van der Waals surface area contributed by atoms with E-state index < -0.39 is 0 Å². The molecule has 0 saturated heterocycles. The van der Waals surface area contributed by atoms with Gasteiger partial charge in [0.1, 0.15) is 0 Å². The van der Waals surface area contributed by atoms with Gasteiger partial charge in [-0.1, -0.05) is 30.3 Å². The number of nitrogens with zero attached hydrogens (tertiary/aromatic N) is 1. The van der Waals surface area contributed by atoms with E-state index in [1.165, 1.54) is 5.56 Å². The van der Waals surface area contributed by atoms with Crippen molar-refractivity contribution in [2.24, 2.45) is 0 Å². The average molecular weight is 366 g/mol. The molecule has 0 radical (unpaired) electrons. The summed E-state index contributed by atoms with van der Waals surface area (Å²) in [6.07, 6.45) is 1.62. The van der Waals surface area contributed by atoms with E-state index in [1.807, 2.05) is 26.2 Å². The van der Waals surface area contributed by atoms with Crippen molar-refractivity contribution in [1.82, 2.24) is 15.5 Å². The molecule has 2 rings (SSSR count). The van der Waals surface area contributed by atoms with E-state index in [-0.39, 0.29) is 11.9 Å². The highest BCUT2D eigenvalue weighted by Gasteiger charge is 2.06. The Morgan fingerprint density at radius 1 is 1.04 bits per heavy atom. The first-order valence-electron chi connectivity index (χ1n) is 8.74. The lowest BCUT2D eigenvalue weighted by atomic mass is 10.1. The van der Waals surface area contributed by atoms with E-state index in [2.05, 4.69) is 39.6 Å². The number of anilines is 1. The van der Waals surface area contributed by atoms with Crippen LogP contribution in [0.15, 0.2) is 61.2 Å². The zero-order chi connectivity index (χ0) is 19.6. The lowest BCUT2D eigenvalue weighted by Crippen LogP contribution is -2.28. The summed E-state index contributed by atoms with van der Waals surface area (Å²) in [5.74, 6) is -0.177. The first-order chi connectivity index (χ1) is 13.0. The van der Waals surface area contributed by atoms with Crippen LogP contribution in [0.2, 0.25) is 0 Å². The van der Waals surface area contributed by atoms with Crippen molar-refractivity contribution < 1.29 is 9.59 Å². The molecule has 0 aliphatic carbocycles. The van der Waals surface area contributed by atoms with E-state index >= 15 is 0 Å². The van der Waals surface area contributed by atoms with Crippen molar-refractivity contribution in [3.63, 3.8) is 0 Å². The van der Waals surface area contributed by atoms with Crippen molar-refractivity contribution in [3.8, 4) is 0 Å². The molecule has 3 N–H and O–H groups in total. The van der Waals surface area contributed by atoms with Gasteiger partial charge in [-0.15, -0.1) is 6.58 Å². The van der Waals surface area contributed by atoms with Crippen molar-refractivity contribution in [3.05, 3.63) is 77.9 Å². The average Bonchev–Trinajstić information content (AvgIpc) is 2.65. The van der Waals surface area contributed by atoms with Crippen LogP contribution in [0.3, 0.4) is 0 Å². The van der Waals surface area contributed by atoms with Gasteiger partial charge in [0.15, 0.2) is 0 Å². The van der Waals surface area contributed by atoms with E-state index in [1.54, 1.807) is 30.3 Å². The van der Waals surface area contributed by atoms with Crippen LogP contribution in [-0.4, -0.2) is 37.5 Å². The Bertz CT molecular complexity index is 785. The molecular formula is C21H26N4O2. The van der Waals surface area contributed by atoms with E-state index in [4.69, 9.17) is 0 Å². The molecule has 0 unspecified atom stereocenters. The molecule has 6 nitrogen and oxygen atoms in total. The predicted molar refractivity (Wildman–Crippen MR) is 109 cm³/mol. The molecule has 0 aliphatic rings. The van der Waals surface area contributed by atoms with E-state index in [0.29, 0.717) is 24.3 Å². The van der Waals surface area contributed by atoms with Crippen LogP contribution in [0.4, 0.5) is 10.5 Å². The second-order valence-electron chi connectivity index (χ2n) is 6.44. The van der Waals surface area contributed by atoms with Gasteiger partial charge in [0, 0.05) is 30.9 Å². The van der Waals surface area contributed by atoms with Gasteiger partial charge >= 0.3 is 6.03 Å². The monoisotopic (exact) mass is 366 g/mol. The fourth-order valence-electron chi connectivity index (χ4n) is 2.53. The minimum atomic E-state index is -0.295. The molecule has 2 aromatic carbocycles. The summed E-state index contributed by atoms with van der Waals surface area (Å²) in [5, 5.41) is 8.31. The molecule has 142 valence electrons. The van der Waals surface area contributed by atoms with Crippen LogP contribution in [0.5, 0.6) is 0 Å². The number of nitrogens with one attached hydrogen (secondary N) is 3. The third-order valence-corrected chi connectivity index (χ3v) is 3.76. The smallest absolute Gasteiger partial charge is 0.319 e. The number of benzene rings is 2. The molecule has 0 aliphatic heterocycles. The molecule has 6 heteroatoms. The second-order valence-corrected chi connectivity index (χ2v) is 6.44. The number of rotatable bonds is 8. The Kier molecular flexibility index (Phi) is 7.58. The largest absolute Gasteiger partial charge is 0.349 e. The highest BCUT2D eigenvalue weighted by atomic mass is 16.2. The minimum absolute atomic E-state index is 0.177. The Hall–Kier alpha value is -3.12. The normalized spacial score (nSPS) is 10.3. The van der Waals surface area contributed by atoms with Gasteiger partial charge in [0.05, 0.1) is 0 Å². The van der Waals surface area contributed by atoms with Crippen molar-refractivity contribution >= 4 is 17.6 Å². The van der Waals surface area contributed by atoms with Crippen LogP contribution in [0, 0.1) is 0 Å². The molecule has 0 aromatic heterocycles. The molecule has 2 aromatic rings. The highest BCUT2D eigenvalue weighted by Crippen LogP contribution is 2.10. The maximum atomic E-state index is 12.1. The first kappa shape index (κ1) is 20.2. The summed E-state index contributed by atoms with van der Waals surface area (Å²) in [4.78, 5) is 26.0. The van der Waals surface area contributed by atoms with Gasteiger partial charge in [-0.2, -0.15) is 0 Å². The summed E-state index contributed by atoms with van der Waals surface area (Å²) in [6.45, 7) is 5.27. The molecule has 0 atom stereocenters. The lowest BCUT2D eigenvalue weighted by molar-refractivity contribution is 0.0958. The topological polar surface area (TPSA) is 73.5 Å². The Labute approximate surface area is 160 Å². The number of urea groups is 1. The number of hydrogen-bond donors (Lipinski definition) is 3. The summed E-state index contributed by atoms with van der Waals surface area (Å²) in [7, 11) is 4.04. The first-order valence-corrected chi connectivity index (χ1v) is 8.74. The molecule has 27 heavy (non-hydrogen) atoms. The maximum absolute atomic E-state index is 12.1. The third kappa shape index (κ3) is 6.95. The van der Waals surface area contributed by atoms with E-state index in [9.17, 15) is 9.59 Å². The van der Waals surface area contributed by atoms with Gasteiger partial charge in [-0.05, 0) is 49.5 Å². The highest BCUT2D eigenvalue weighted by molar-refractivity contribution is 5.95. The maximum Gasteiger partial charge on any atom is 0.319 e. The summed E-state index contributed by atoms with van der Waals surface area (Å²) in [6, 6.07) is 14.5. The molecule has 0 spiro atoms. The fraction of sp³-hybridized carbons (Fsp3) is 0.238. The van der Waals surface area contributed by atoms with Gasteiger partial charge in [0.25, 0.3) is 5.91 Å². The van der Waals surface area contributed by atoms with Crippen molar-refractivity contribution in [2.45, 2.75) is 13.1 Å². The lowest BCUT2D eigenvalue weighted by Gasteiger charge is -2.12. The van der Waals surface area contributed by atoms with Gasteiger partial charge in [-0.3, -0.25) is 4.79 Å². The number of amides is 3. The predicted octanol–water partition coefficient (Wildman–Crippen LogP) is 2.99. The molecular weight excluding hydrogens is 340 g/mol. The number of hydrogen-bond acceptors (Lipinski definition) is 3. The van der Waals surface area contributed by atoms with Crippen LogP contribution in [0.25, 0.3) is 0 Å². The Morgan fingerprint density at radius 2 is 1.74 bits per heavy atom. The quantitative estimate of drug-likeness (QED) is 0.629. The molecule has 0 bridgehead atoms. The van der Waals surface area contributed by atoms with Crippen molar-refractivity contribution in [1.29, 1.82) is 0 Å². The van der Waals surface area contributed by atoms with Crippen LogP contribution in [-0.2, 0) is 13.1 Å². The van der Waals surface area contributed by atoms with Crippen LogP contribution < -0.4 is 16.0 Å². The van der Waals surface area contributed by atoms with Gasteiger partial charge in [-0.25, -0.2) is 4.79 Å². The van der Waals surface area contributed by atoms with Gasteiger partial charge < -0.3 is 20.9 Å². The SMILES string of the molecule is C=CCNC(=O)c1ccc(NC(=O)NCc2cccc(CN(C)C)c2)cc1. The fourth-order valence-corrected chi connectivity index (χ4v) is 2.53. The summed E-state index contributed by atoms with van der Waals surface area (Å²) in [5.41, 5.74) is 3.39. The minimum Gasteiger partial charge on any atom is -0.349 e. The summed E-state index contributed by atoms with van der Waals surface area (Å²) < 4.78 is 0. The molecule has 3 amide bonds. The zero-order valence-electron chi connectivity index (χ0n) is 15.8. The van der Waals surface area contributed by atoms with E-state index in [0.717, 1.165) is 12.1 Å².